The summed E-state index contributed by atoms with van der Waals surface area (Å²) in [4.78, 5) is 12.9. The Labute approximate surface area is 85.3 Å². The molecule has 0 fully saturated rings. The third-order valence-electron chi connectivity index (χ3n) is 2.02. The van der Waals surface area contributed by atoms with Crippen molar-refractivity contribution in [3.63, 3.8) is 0 Å². The first-order chi connectivity index (χ1) is 6.45. The minimum atomic E-state index is -0.118. The molecule has 3 heteroatoms. The second kappa shape index (κ2) is 3.86. The Hall–Kier alpha value is -1.25. The van der Waals surface area contributed by atoms with Gasteiger partial charge in [-0.05, 0) is 34.6 Å². The summed E-state index contributed by atoms with van der Waals surface area (Å²) in [5.41, 5.74) is -0.118. The van der Waals surface area contributed by atoms with Gasteiger partial charge in [0.2, 0.25) is 0 Å². The van der Waals surface area contributed by atoms with Crippen LogP contribution in [0.5, 0.6) is 0 Å². The Bertz CT molecular complexity index is 333. The van der Waals surface area contributed by atoms with Gasteiger partial charge in [-0.3, -0.25) is 0 Å². The molecule has 0 atom stereocenters. The van der Waals surface area contributed by atoms with Crippen molar-refractivity contribution in [1.82, 2.24) is 15.0 Å². The van der Waals surface area contributed by atoms with Gasteiger partial charge >= 0.3 is 0 Å². The van der Waals surface area contributed by atoms with Crippen molar-refractivity contribution >= 4 is 0 Å². The average Bonchev–Trinajstić information content (AvgIpc) is 2.02. The van der Waals surface area contributed by atoms with E-state index in [-0.39, 0.29) is 5.41 Å². The number of nitrogens with zero attached hydrogens (tertiary/aromatic N) is 3. The molecule has 0 saturated heterocycles. The summed E-state index contributed by atoms with van der Waals surface area (Å²) in [5, 5.41) is 0. The van der Waals surface area contributed by atoms with Gasteiger partial charge in [-0.25, -0.2) is 15.0 Å². The quantitative estimate of drug-likeness (QED) is 0.673. The standard InChI is InChI=1S/C11H17N3/c1-6-7-11(4,5)10-13-8(2)12-9(3)14-10/h6-7H,1-5H3/b7-6-. The number of allylic oxidation sites excluding steroid dienone is 2. The van der Waals surface area contributed by atoms with Crippen LogP contribution in [0, 0.1) is 13.8 Å². The Morgan fingerprint density at radius 1 is 1.00 bits per heavy atom. The fraction of sp³-hybridized carbons (Fsp3) is 0.545. The van der Waals surface area contributed by atoms with E-state index in [1.54, 1.807) is 0 Å². The highest BCUT2D eigenvalue weighted by molar-refractivity contribution is 5.15. The van der Waals surface area contributed by atoms with Crippen molar-refractivity contribution in [2.45, 2.75) is 40.0 Å². The Kier molecular flexibility index (Phi) is 2.99. The second-order valence-electron chi connectivity index (χ2n) is 3.98. The highest BCUT2D eigenvalue weighted by atomic mass is 15.0. The van der Waals surface area contributed by atoms with E-state index in [1.165, 1.54) is 0 Å². The largest absolute Gasteiger partial charge is 0.219 e. The van der Waals surface area contributed by atoms with Crippen LogP contribution in [-0.4, -0.2) is 15.0 Å². The zero-order valence-electron chi connectivity index (χ0n) is 9.50. The van der Waals surface area contributed by atoms with Crippen LogP contribution in [0.25, 0.3) is 0 Å². The minimum absolute atomic E-state index is 0.118. The van der Waals surface area contributed by atoms with Gasteiger partial charge in [-0.1, -0.05) is 12.2 Å². The Morgan fingerprint density at radius 3 is 1.93 bits per heavy atom. The minimum Gasteiger partial charge on any atom is -0.219 e. The van der Waals surface area contributed by atoms with E-state index >= 15 is 0 Å². The zero-order valence-corrected chi connectivity index (χ0v) is 9.50. The van der Waals surface area contributed by atoms with Crippen LogP contribution in [-0.2, 0) is 5.41 Å². The molecule has 1 rings (SSSR count). The Morgan fingerprint density at radius 2 is 1.50 bits per heavy atom. The van der Waals surface area contributed by atoms with E-state index in [9.17, 15) is 0 Å². The van der Waals surface area contributed by atoms with Crippen LogP contribution >= 0.6 is 0 Å². The lowest BCUT2D eigenvalue weighted by atomic mass is 9.92. The molecule has 0 unspecified atom stereocenters. The molecule has 1 heterocycles. The number of rotatable bonds is 2. The fourth-order valence-corrected chi connectivity index (χ4v) is 1.40. The van der Waals surface area contributed by atoms with Crippen LogP contribution < -0.4 is 0 Å². The topological polar surface area (TPSA) is 38.7 Å². The molecule has 0 aromatic carbocycles. The monoisotopic (exact) mass is 191 g/mol. The summed E-state index contributed by atoms with van der Waals surface area (Å²) in [7, 11) is 0. The molecular weight excluding hydrogens is 174 g/mol. The smallest absolute Gasteiger partial charge is 0.141 e. The van der Waals surface area contributed by atoms with Gasteiger partial charge in [-0.2, -0.15) is 0 Å². The molecule has 1 aromatic heterocycles. The highest BCUT2D eigenvalue weighted by Crippen LogP contribution is 2.20. The van der Waals surface area contributed by atoms with Crippen molar-refractivity contribution in [3.05, 3.63) is 29.6 Å². The highest BCUT2D eigenvalue weighted by Gasteiger charge is 2.20. The molecule has 0 aliphatic rings. The summed E-state index contributed by atoms with van der Waals surface area (Å²) >= 11 is 0. The third kappa shape index (κ3) is 2.37. The normalized spacial score (nSPS) is 12.4. The van der Waals surface area contributed by atoms with Crippen molar-refractivity contribution in [1.29, 1.82) is 0 Å². The van der Waals surface area contributed by atoms with E-state index in [0.717, 1.165) is 17.5 Å². The predicted molar refractivity (Wildman–Crippen MR) is 57.1 cm³/mol. The lowest BCUT2D eigenvalue weighted by Gasteiger charge is -2.18. The van der Waals surface area contributed by atoms with E-state index in [1.807, 2.05) is 26.8 Å². The molecule has 76 valence electrons. The lowest BCUT2D eigenvalue weighted by Crippen LogP contribution is -2.19. The number of aromatic nitrogens is 3. The van der Waals surface area contributed by atoms with E-state index in [4.69, 9.17) is 0 Å². The molecule has 0 aliphatic heterocycles. The number of aryl methyl sites for hydroxylation is 2. The molecule has 0 saturated carbocycles. The maximum Gasteiger partial charge on any atom is 0.141 e. The molecular formula is C11H17N3. The van der Waals surface area contributed by atoms with Gasteiger partial charge in [0.25, 0.3) is 0 Å². The van der Waals surface area contributed by atoms with Gasteiger partial charge in [0, 0.05) is 5.41 Å². The molecule has 0 radical (unpaired) electrons. The first-order valence-corrected chi connectivity index (χ1v) is 4.79. The summed E-state index contributed by atoms with van der Waals surface area (Å²) in [6, 6.07) is 0. The maximum atomic E-state index is 4.35. The summed E-state index contributed by atoms with van der Waals surface area (Å²) in [6.07, 6.45) is 4.12. The molecule has 0 amide bonds. The third-order valence-corrected chi connectivity index (χ3v) is 2.02. The van der Waals surface area contributed by atoms with Gasteiger partial charge in [-0.15, -0.1) is 0 Å². The maximum absolute atomic E-state index is 4.35. The van der Waals surface area contributed by atoms with Crippen molar-refractivity contribution < 1.29 is 0 Å². The van der Waals surface area contributed by atoms with Crippen LogP contribution in [0.2, 0.25) is 0 Å². The van der Waals surface area contributed by atoms with Gasteiger partial charge < -0.3 is 0 Å². The molecule has 0 spiro atoms. The van der Waals surface area contributed by atoms with E-state index in [2.05, 4.69) is 34.9 Å². The van der Waals surface area contributed by atoms with E-state index in [0.29, 0.717) is 0 Å². The first kappa shape index (κ1) is 10.8. The SMILES string of the molecule is C/C=C\C(C)(C)c1nc(C)nc(C)n1. The summed E-state index contributed by atoms with van der Waals surface area (Å²) in [5.74, 6) is 2.40. The van der Waals surface area contributed by atoms with Crippen molar-refractivity contribution in [2.75, 3.05) is 0 Å². The first-order valence-electron chi connectivity index (χ1n) is 4.79. The lowest BCUT2D eigenvalue weighted by molar-refractivity contribution is 0.597. The fourth-order valence-electron chi connectivity index (χ4n) is 1.40. The van der Waals surface area contributed by atoms with Crippen LogP contribution in [0.15, 0.2) is 12.2 Å². The summed E-state index contributed by atoms with van der Waals surface area (Å²) < 4.78 is 0. The predicted octanol–water partition coefficient (Wildman–Crippen LogP) is 2.34. The molecule has 0 aliphatic carbocycles. The van der Waals surface area contributed by atoms with Crippen molar-refractivity contribution in [3.8, 4) is 0 Å². The Balaban J connectivity index is 3.18. The van der Waals surface area contributed by atoms with Crippen molar-refractivity contribution in [2.24, 2.45) is 0 Å². The van der Waals surface area contributed by atoms with Gasteiger partial charge in [0.15, 0.2) is 0 Å². The van der Waals surface area contributed by atoms with Crippen LogP contribution in [0.4, 0.5) is 0 Å². The van der Waals surface area contributed by atoms with Gasteiger partial charge in [0.05, 0.1) is 0 Å². The molecule has 0 bridgehead atoms. The number of hydrogen-bond donors (Lipinski definition) is 0. The van der Waals surface area contributed by atoms with E-state index < -0.39 is 0 Å². The molecule has 1 aromatic rings. The molecule has 3 nitrogen and oxygen atoms in total. The second-order valence-corrected chi connectivity index (χ2v) is 3.98. The molecule has 14 heavy (non-hydrogen) atoms. The average molecular weight is 191 g/mol. The number of hydrogen-bond acceptors (Lipinski definition) is 3. The van der Waals surface area contributed by atoms with Gasteiger partial charge in [0.1, 0.15) is 17.5 Å². The summed E-state index contributed by atoms with van der Waals surface area (Å²) in [6.45, 7) is 9.99. The van der Waals surface area contributed by atoms with Crippen LogP contribution in [0.1, 0.15) is 38.2 Å². The zero-order chi connectivity index (χ0) is 10.8. The van der Waals surface area contributed by atoms with Crippen LogP contribution in [0.3, 0.4) is 0 Å². The molecule has 0 N–H and O–H groups in total.